The van der Waals surface area contributed by atoms with Gasteiger partial charge in [0.25, 0.3) is 5.91 Å². The van der Waals surface area contributed by atoms with Gasteiger partial charge in [-0.05, 0) is 31.9 Å². The zero-order chi connectivity index (χ0) is 18.4. The molecule has 1 aromatic rings. The Balaban J connectivity index is 2.33. The van der Waals surface area contributed by atoms with Gasteiger partial charge in [0.05, 0.1) is 16.9 Å². The number of benzene rings is 1. The third kappa shape index (κ3) is 4.58. The molecule has 0 atom stereocenters. The van der Waals surface area contributed by atoms with Gasteiger partial charge in [0.1, 0.15) is 0 Å². The first-order chi connectivity index (χ1) is 11.9. The van der Waals surface area contributed by atoms with Crippen molar-refractivity contribution in [3.63, 3.8) is 0 Å². The van der Waals surface area contributed by atoms with E-state index in [1.165, 1.54) is 21.3 Å². The summed E-state index contributed by atoms with van der Waals surface area (Å²) >= 11 is 0. The van der Waals surface area contributed by atoms with Crippen molar-refractivity contribution < 1.29 is 23.1 Å². The molecule has 1 aromatic carbocycles. The van der Waals surface area contributed by atoms with Gasteiger partial charge in [0.2, 0.25) is 10.0 Å². The molecule has 1 saturated heterocycles. The Hall–Kier alpha value is -1.93. The summed E-state index contributed by atoms with van der Waals surface area (Å²) in [4.78, 5) is 24.9. The predicted molar refractivity (Wildman–Crippen MR) is 92.9 cm³/mol. The fraction of sp³-hybridized carbons (Fsp3) is 0.529. The highest BCUT2D eigenvalue weighted by Crippen LogP contribution is 2.24. The van der Waals surface area contributed by atoms with Gasteiger partial charge in [0.15, 0.2) is 0 Å². The molecule has 0 aliphatic carbocycles. The number of hydrogen-bond donors (Lipinski definition) is 1. The number of nitrogens with zero attached hydrogens (tertiary/aromatic N) is 2. The van der Waals surface area contributed by atoms with Gasteiger partial charge in [-0.1, -0.05) is 18.6 Å². The SMILES string of the molecule is CCN(CCC(=O)O)C(=O)c1ccccc1S(=O)(=O)N1CCCCC1. The van der Waals surface area contributed by atoms with Crippen molar-refractivity contribution in [2.75, 3.05) is 26.2 Å². The highest BCUT2D eigenvalue weighted by Gasteiger charge is 2.30. The topological polar surface area (TPSA) is 95.0 Å². The average molecular weight is 368 g/mol. The summed E-state index contributed by atoms with van der Waals surface area (Å²) in [5.41, 5.74) is 0.0975. The first-order valence-corrected chi connectivity index (χ1v) is 9.92. The van der Waals surface area contributed by atoms with E-state index in [-0.39, 0.29) is 23.4 Å². The summed E-state index contributed by atoms with van der Waals surface area (Å²) in [7, 11) is -3.74. The van der Waals surface area contributed by atoms with Gasteiger partial charge >= 0.3 is 5.97 Å². The van der Waals surface area contributed by atoms with E-state index in [9.17, 15) is 18.0 Å². The number of piperidine rings is 1. The fourth-order valence-electron chi connectivity index (χ4n) is 2.92. The molecule has 1 N–H and O–H groups in total. The summed E-state index contributed by atoms with van der Waals surface area (Å²) in [6.07, 6.45) is 2.45. The van der Waals surface area contributed by atoms with E-state index in [0.29, 0.717) is 19.6 Å². The average Bonchev–Trinajstić information content (AvgIpc) is 2.62. The summed E-state index contributed by atoms with van der Waals surface area (Å²) in [5, 5.41) is 8.82. The number of aliphatic carboxylic acids is 1. The third-order valence-electron chi connectivity index (χ3n) is 4.31. The maximum atomic E-state index is 13.0. The Morgan fingerprint density at radius 2 is 1.80 bits per heavy atom. The van der Waals surface area contributed by atoms with E-state index in [4.69, 9.17) is 5.11 Å². The molecule has 0 radical (unpaired) electrons. The van der Waals surface area contributed by atoms with Crippen molar-refractivity contribution in [2.24, 2.45) is 0 Å². The van der Waals surface area contributed by atoms with E-state index >= 15 is 0 Å². The van der Waals surface area contributed by atoms with Crippen LogP contribution in [0.1, 0.15) is 43.0 Å². The normalized spacial score (nSPS) is 15.7. The molecule has 25 heavy (non-hydrogen) atoms. The van der Waals surface area contributed by atoms with Crippen LogP contribution in [0.3, 0.4) is 0 Å². The molecule has 0 saturated carbocycles. The largest absolute Gasteiger partial charge is 0.481 e. The minimum absolute atomic E-state index is 0.00400. The van der Waals surface area contributed by atoms with Gasteiger partial charge in [-0.25, -0.2) is 8.42 Å². The van der Waals surface area contributed by atoms with Crippen LogP contribution in [0.4, 0.5) is 0 Å². The Labute approximate surface area is 148 Å². The van der Waals surface area contributed by atoms with Crippen LogP contribution in [0, 0.1) is 0 Å². The summed E-state index contributed by atoms with van der Waals surface area (Å²) < 4.78 is 27.3. The van der Waals surface area contributed by atoms with Crippen molar-refractivity contribution in [3.8, 4) is 0 Å². The maximum absolute atomic E-state index is 13.0. The molecule has 1 aliphatic rings. The fourth-order valence-corrected chi connectivity index (χ4v) is 4.62. The van der Waals surface area contributed by atoms with Crippen LogP contribution in [0.25, 0.3) is 0 Å². The van der Waals surface area contributed by atoms with Crippen molar-refractivity contribution in [1.29, 1.82) is 0 Å². The van der Waals surface area contributed by atoms with E-state index in [1.54, 1.807) is 19.1 Å². The van der Waals surface area contributed by atoms with E-state index in [1.807, 2.05) is 0 Å². The van der Waals surface area contributed by atoms with Gasteiger partial charge < -0.3 is 10.0 Å². The summed E-state index contributed by atoms with van der Waals surface area (Å²) in [6.45, 7) is 3.01. The molecule has 0 unspecified atom stereocenters. The molecule has 0 aromatic heterocycles. The molecule has 138 valence electrons. The summed E-state index contributed by atoms with van der Waals surface area (Å²) in [5.74, 6) is -1.46. The van der Waals surface area contributed by atoms with E-state index in [2.05, 4.69) is 0 Å². The second kappa shape index (κ2) is 8.44. The number of hydrogen-bond acceptors (Lipinski definition) is 4. The Kier molecular flexibility index (Phi) is 6.55. The number of carbonyl (C=O) groups excluding carboxylic acids is 1. The third-order valence-corrected chi connectivity index (χ3v) is 6.27. The molecule has 1 aliphatic heterocycles. The van der Waals surface area contributed by atoms with Crippen LogP contribution in [-0.2, 0) is 14.8 Å². The second-order valence-corrected chi connectivity index (χ2v) is 7.90. The van der Waals surface area contributed by atoms with Crippen molar-refractivity contribution in [3.05, 3.63) is 29.8 Å². The molecule has 8 heteroatoms. The Bertz CT molecular complexity index is 726. The van der Waals surface area contributed by atoms with Crippen LogP contribution in [0.15, 0.2) is 29.2 Å². The lowest BCUT2D eigenvalue weighted by Crippen LogP contribution is -2.38. The van der Waals surface area contributed by atoms with E-state index < -0.39 is 21.9 Å². The standard InChI is InChI=1S/C17H24N2O5S/c1-2-18(13-10-16(20)21)17(22)14-8-4-5-9-15(14)25(23,24)19-11-6-3-7-12-19/h4-5,8-9H,2-3,6-7,10-13H2,1H3,(H,20,21). The zero-order valence-electron chi connectivity index (χ0n) is 14.3. The zero-order valence-corrected chi connectivity index (χ0v) is 15.2. The smallest absolute Gasteiger partial charge is 0.305 e. The van der Waals surface area contributed by atoms with Crippen LogP contribution in [0.5, 0.6) is 0 Å². The van der Waals surface area contributed by atoms with Gasteiger partial charge in [-0.3, -0.25) is 9.59 Å². The van der Waals surface area contributed by atoms with Crippen molar-refractivity contribution in [2.45, 2.75) is 37.5 Å². The molecule has 2 rings (SSSR count). The first kappa shape index (κ1) is 19.4. The predicted octanol–water partition coefficient (Wildman–Crippen LogP) is 1.80. The molecule has 0 spiro atoms. The quantitative estimate of drug-likeness (QED) is 0.792. The van der Waals surface area contributed by atoms with Gasteiger partial charge in [0, 0.05) is 26.2 Å². The minimum atomic E-state index is -3.74. The van der Waals surface area contributed by atoms with Crippen molar-refractivity contribution >= 4 is 21.9 Å². The molecular formula is C17H24N2O5S. The molecule has 7 nitrogen and oxygen atoms in total. The number of carbonyl (C=O) groups is 2. The minimum Gasteiger partial charge on any atom is -0.481 e. The Morgan fingerprint density at radius 1 is 1.16 bits per heavy atom. The number of rotatable bonds is 7. The van der Waals surface area contributed by atoms with Gasteiger partial charge in [-0.2, -0.15) is 4.31 Å². The molecular weight excluding hydrogens is 344 g/mol. The van der Waals surface area contributed by atoms with Crippen LogP contribution >= 0.6 is 0 Å². The van der Waals surface area contributed by atoms with Crippen LogP contribution in [0.2, 0.25) is 0 Å². The lowest BCUT2D eigenvalue weighted by atomic mass is 10.2. The number of sulfonamides is 1. The Morgan fingerprint density at radius 3 is 2.40 bits per heavy atom. The monoisotopic (exact) mass is 368 g/mol. The molecule has 1 amide bonds. The lowest BCUT2D eigenvalue weighted by Gasteiger charge is -2.27. The summed E-state index contributed by atoms with van der Waals surface area (Å²) in [6, 6.07) is 6.15. The van der Waals surface area contributed by atoms with Gasteiger partial charge in [-0.15, -0.1) is 0 Å². The number of carboxylic acids is 1. The molecule has 0 bridgehead atoms. The molecule has 1 heterocycles. The molecule has 1 fully saturated rings. The second-order valence-electron chi connectivity index (χ2n) is 5.99. The van der Waals surface area contributed by atoms with Crippen LogP contribution < -0.4 is 0 Å². The van der Waals surface area contributed by atoms with E-state index in [0.717, 1.165) is 19.3 Å². The number of carboxylic acid groups (broad SMARTS) is 1. The highest BCUT2D eigenvalue weighted by molar-refractivity contribution is 7.89. The van der Waals surface area contributed by atoms with Crippen LogP contribution in [-0.4, -0.2) is 60.8 Å². The lowest BCUT2D eigenvalue weighted by molar-refractivity contribution is -0.137. The highest BCUT2D eigenvalue weighted by atomic mass is 32.2. The number of amides is 1. The maximum Gasteiger partial charge on any atom is 0.305 e. The van der Waals surface area contributed by atoms with Crippen molar-refractivity contribution in [1.82, 2.24) is 9.21 Å². The first-order valence-electron chi connectivity index (χ1n) is 8.48.